The number of rotatable bonds is 5. The molecule has 0 bridgehead atoms. The molecule has 10 heteroatoms. The van der Waals surface area contributed by atoms with Crippen molar-refractivity contribution in [2.24, 2.45) is 0 Å². The molecular formula is C24H27FN4O5. The fourth-order valence-electron chi connectivity index (χ4n) is 4.60. The molecule has 4 heterocycles. The SMILES string of the molecule is CC(=O)NCC1CN(c2ccc(-c3ccc(N4CCC5(CC4)OCCO5)nc3)c(F)c2)C(=O)O1. The van der Waals surface area contributed by atoms with Crippen molar-refractivity contribution in [1.29, 1.82) is 0 Å². The minimum absolute atomic E-state index is 0.203. The van der Waals surface area contributed by atoms with Crippen LogP contribution in [-0.4, -0.2) is 68.3 Å². The highest BCUT2D eigenvalue weighted by molar-refractivity contribution is 5.90. The maximum atomic E-state index is 15.0. The molecule has 0 radical (unpaired) electrons. The quantitative estimate of drug-likeness (QED) is 0.718. The highest BCUT2D eigenvalue weighted by atomic mass is 19.1. The first-order valence-corrected chi connectivity index (χ1v) is 11.4. The molecule has 180 valence electrons. The molecule has 3 aliphatic heterocycles. The number of nitrogens with zero attached hydrogens (tertiary/aromatic N) is 3. The number of carbonyl (C=O) groups excluding carboxylic acids is 2. The first kappa shape index (κ1) is 22.5. The molecule has 1 aromatic carbocycles. The van der Waals surface area contributed by atoms with Gasteiger partial charge in [-0.2, -0.15) is 0 Å². The van der Waals surface area contributed by atoms with Gasteiger partial charge in [-0.15, -0.1) is 0 Å². The molecule has 34 heavy (non-hydrogen) atoms. The molecule has 1 spiro atoms. The van der Waals surface area contributed by atoms with Crippen molar-refractivity contribution in [1.82, 2.24) is 10.3 Å². The van der Waals surface area contributed by atoms with Crippen LogP contribution in [0.1, 0.15) is 19.8 Å². The predicted octanol–water partition coefficient (Wildman–Crippen LogP) is 2.69. The number of cyclic esters (lactones) is 1. The monoisotopic (exact) mass is 470 g/mol. The van der Waals surface area contributed by atoms with Crippen molar-refractivity contribution in [2.45, 2.75) is 31.7 Å². The molecular weight excluding hydrogens is 443 g/mol. The first-order chi connectivity index (χ1) is 16.4. The van der Waals surface area contributed by atoms with Gasteiger partial charge in [-0.05, 0) is 30.3 Å². The van der Waals surface area contributed by atoms with Crippen LogP contribution in [-0.2, 0) is 19.0 Å². The second kappa shape index (κ2) is 9.19. The lowest BCUT2D eigenvalue weighted by atomic mass is 10.0. The van der Waals surface area contributed by atoms with Gasteiger partial charge in [0, 0.05) is 50.2 Å². The number of anilines is 2. The summed E-state index contributed by atoms with van der Waals surface area (Å²) in [6.07, 6.45) is 2.19. The van der Waals surface area contributed by atoms with Gasteiger partial charge < -0.3 is 24.4 Å². The number of hydrogen-bond acceptors (Lipinski definition) is 7. The van der Waals surface area contributed by atoms with E-state index in [1.165, 1.54) is 17.9 Å². The van der Waals surface area contributed by atoms with Crippen LogP contribution in [0.5, 0.6) is 0 Å². The fourth-order valence-corrected chi connectivity index (χ4v) is 4.60. The summed E-state index contributed by atoms with van der Waals surface area (Å²) in [5.41, 5.74) is 1.45. The average Bonchev–Trinajstić information content (AvgIpc) is 3.45. The lowest BCUT2D eigenvalue weighted by Gasteiger charge is -2.38. The van der Waals surface area contributed by atoms with Crippen molar-refractivity contribution in [2.75, 3.05) is 49.2 Å². The van der Waals surface area contributed by atoms with Crippen LogP contribution in [0.4, 0.5) is 20.7 Å². The third kappa shape index (κ3) is 4.55. The van der Waals surface area contributed by atoms with Gasteiger partial charge in [-0.1, -0.05) is 0 Å². The van der Waals surface area contributed by atoms with Crippen molar-refractivity contribution in [3.05, 3.63) is 42.3 Å². The summed E-state index contributed by atoms with van der Waals surface area (Å²) < 4.78 is 31.8. The Bertz CT molecular complexity index is 1060. The number of halogens is 1. The van der Waals surface area contributed by atoms with Gasteiger partial charge in [0.15, 0.2) is 5.79 Å². The van der Waals surface area contributed by atoms with E-state index in [4.69, 9.17) is 14.2 Å². The number of amides is 2. The Morgan fingerprint density at radius 3 is 2.62 bits per heavy atom. The molecule has 1 unspecified atom stereocenters. The molecule has 9 nitrogen and oxygen atoms in total. The van der Waals surface area contributed by atoms with Gasteiger partial charge >= 0.3 is 6.09 Å². The van der Waals surface area contributed by atoms with Crippen molar-refractivity contribution in [3.8, 4) is 11.1 Å². The molecule has 3 fully saturated rings. The number of carbonyl (C=O) groups is 2. The fraction of sp³-hybridized carbons (Fsp3) is 0.458. The third-order valence-corrected chi connectivity index (χ3v) is 6.44. The number of ether oxygens (including phenoxy) is 3. The Kier molecular flexibility index (Phi) is 6.09. The Balaban J connectivity index is 1.24. The van der Waals surface area contributed by atoms with E-state index in [2.05, 4.69) is 15.2 Å². The van der Waals surface area contributed by atoms with Gasteiger partial charge in [-0.25, -0.2) is 14.2 Å². The predicted molar refractivity (Wildman–Crippen MR) is 122 cm³/mol. The molecule has 1 N–H and O–H groups in total. The van der Waals surface area contributed by atoms with Crippen LogP contribution in [0.3, 0.4) is 0 Å². The highest BCUT2D eigenvalue weighted by Gasteiger charge is 2.40. The van der Waals surface area contributed by atoms with Crippen LogP contribution >= 0.6 is 0 Å². The molecule has 2 aromatic rings. The Morgan fingerprint density at radius 1 is 1.21 bits per heavy atom. The highest BCUT2D eigenvalue weighted by Crippen LogP contribution is 2.34. The second-order valence-corrected chi connectivity index (χ2v) is 8.72. The minimum Gasteiger partial charge on any atom is -0.442 e. The normalized spacial score (nSPS) is 21.7. The van der Waals surface area contributed by atoms with E-state index in [9.17, 15) is 14.0 Å². The molecule has 0 saturated carbocycles. The number of benzene rings is 1. The summed E-state index contributed by atoms with van der Waals surface area (Å²) in [7, 11) is 0. The number of aromatic nitrogens is 1. The van der Waals surface area contributed by atoms with Crippen LogP contribution < -0.4 is 15.1 Å². The van der Waals surface area contributed by atoms with E-state index in [1.807, 2.05) is 12.1 Å². The van der Waals surface area contributed by atoms with Crippen LogP contribution in [0.15, 0.2) is 36.5 Å². The second-order valence-electron chi connectivity index (χ2n) is 8.72. The van der Waals surface area contributed by atoms with Crippen LogP contribution in [0, 0.1) is 5.82 Å². The summed E-state index contributed by atoms with van der Waals surface area (Å²) in [4.78, 5) is 31.4. The largest absolute Gasteiger partial charge is 0.442 e. The number of piperidine rings is 1. The number of nitrogens with one attached hydrogen (secondary N) is 1. The van der Waals surface area contributed by atoms with E-state index >= 15 is 0 Å². The van der Waals surface area contributed by atoms with Gasteiger partial charge in [0.1, 0.15) is 17.7 Å². The Hall–Kier alpha value is -3.24. The zero-order chi connectivity index (χ0) is 23.7. The summed E-state index contributed by atoms with van der Waals surface area (Å²) in [6.45, 7) is 4.71. The third-order valence-electron chi connectivity index (χ3n) is 6.44. The van der Waals surface area contributed by atoms with Gasteiger partial charge in [0.25, 0.3) is 0 Å². The summed E-state index contributed by atoms with van der Waals surface area (Å²) in [5.74, 6) is -0.266. The molecule has 0 aliphatic carbocycles. The van der Waals surface area contributed by atoms with E-state index < -0.39 is 23.8 Å². The summed E-state index contributed by atoms with van der Waals surface area (Å²) in [5, 5.41) is 2.62. The number of hydrogen-bond donors (Lipinski definition) is 1. The molecule has 3 aliphatic rings. The molecule has 2 amide bonds. The minimum atomic E-state index is -0.565. The van der Waals surface area contributed by atoms with Crippen molar-refractivity contribution < 1.29 is 28.2 Å². The van der Waals surface area contributed by atoms with Gasteiger partial charge in [-0.3, -0.25) is 9.69 Å². The zero-order valence-electron chi connectivity index (χ0n) is 19.0. The molecule has 3 saturated heterocycles. The van der Waals surface area contributed by atoms with Gasteiger partial charge in [0.2, 0.25) is 5.91 Å². The average molecular weight is 471 g/mol. The standard InChI is InChI=1S/C24H27FN4O5/c1-16(30)26-14-19-15-29(23(31)34-19)18-3-4-20(21(25)12-18)17-2-5-22(27-13-17)28-8-6-24(7-9-28)32-10-11-33-24/h2-5,12-13,19H,6-11,14-15H2,1H3,(H,26,30). The molecule has 1 atom stereocenters. The number of pyridine rings is 1. The van der Waals surface area contributed by atoms with E-state index in [-0.39, 0.29) is 19.0 Å². The summed E-state index contributed by atoms with van der Waals surface area (Å²) >= 11 is 0. The van der Waals surface area contributed by atoms with Crippen LogP contribution in [0.2, 0.25) is 0 Å². The van der Waals surface area contributed by atoms with Gasteiger partial charge in [0.05, 0.1) is 32.0 Å². The molecule has 5 rings (SSSR count). The van der Waals surface area contributed by atoms with Crippen molar-refractivity contribution in [3.63, 3.8) is 0 Å². The maximum absolute atomic E-state index is 15.0. The van der Waals surface area contributed by atoms with E-state index in [0.29, 0.717) is 30.0 Å². The van der Waals surface area contributed by atoms with E-state index in [0.717, 1.165) is 31.7 Å². The topological polar surface area (TPSA) is 93.2 Å². The van der Waals surface area contributed by atoms with Crippen LogP contribution in [0.25, 0.3) is 11.1 Å². The lowest BCUT2D eigenvalue weighted by molar-refractivity contribution is -0.169. The Morgan fingerprint density at radius 2 is 1.97 bits per heavy atom. The smallest absolute Gasteiger partial charge is 0.414 e. The zero-order valence-corrected chi connectivity index (χ0v) is 19.0. The molecule has 1 aromatic heterocycles. The van der Waals surface area contributed by atoms with E-state index in [1.54, 1.807) is 18.3 Å². The lowest BCUT2D eigenvalue weighted by Crippen LogP contribution is -2.45. The van der Waals surface area contributed by atoms with Crippen molar-refractivity contribution >= 4 is 23.5 Å². The Labute approximate surface area is 196 Å². The summed E-state index contributed by atoms with van der Waals surface area (Å²) in [6, 6.07) is 8.37. The first-order valence-electron chi connectivity index (χ1n) is 11.4. The maximum Gasteiger partial charge on any atom is 0.414 e.